The molecule has 0 unspecified atom stereocenters. The van der Waals surface area contributed by atoms with Gasteiger partial charge in [0.25, 0.3) is 0 Å². The molecular weight excluding hydrogens is 164 g/mol. The van der Waals surface area contributed by atoms with Gasteiger partial charge >= 0.3 is 0 Å². The number of hydrogen-bond acceptors (Lipinski definition) is 2. The maximum absolute atomic E-state index is 11.4. The topological polar surface area (TPSA) is 34.1 Å². The van der Waals surface area contributed by atoms with Crippen molar-refractivity contribution < 1.29 is 4.79 Å². The van der Waals surface area contributed by atoms with E-state index in [2.05, 4.69) is 0 Å². The zero-order valence-corrected chi connectivity index (χ0v) is 6.99. The van der Waals surface area contributed by atoms with E-state index < -0.39 is 0 Å². The summed E-state index contributed by atoms with van der Waals surface area (Å²) in [4.78, 5) is 22.8. The van der Waals surface area contributed by atoms with Gasteiger partial charge in [-0.2, -0.15) is 0 Å². The van der Waals surface area contributed by atoms with Crippen molar-refractivity contribution in [2.45, 2.75) is 6.42 Å². The lowest BCUT2D eigenvalue weighted by atomic mass is 9.99. The molecule has 0 saturated carbocycles. The lowest BCUT2D eigenvalue weighted by molar-refractivity contribution is 0.0994. The first-order chi connectivity index (χ1) is 6.29. The number of rotatable bonds is 0. The highest BCUT2D eigenvalue weighted by Gasteiger charge is 2.13. The van der Waals surface area contributed by atoms with Crippen LogP contribution in [0.2, 0.25) is 0 Å². The second kappa shape index (κ2) is 2.98. The molecule has 0 spiro atoms. The number of carbonyl (C=O) groups is 1. The zero-order chi connectivity index (χ0) is 9.26. The van der Waals surface area contributed by atoms with Crippen LogP contribution >= 0.6 is 0 Å². The summed E-state index contributed by atoms with van der Waals surface area (Å²) >= 11 is 0. The van der Waals surface area contributed by atoms with Crippen LogP contribution in [-0.2, 0) is 0 Å². The number of ketones is 1. The largest absolute Gasteiger partial charge is 0.294 e. The van der Waals surface area contributed by atoms with Gasteiger partial charge < -0.3 is 0 Å². The molecule has 0 atom stereocenters. The molecule has 1 aromatic carbocycles. The Bertz CT molecular complexity index is 444. The van der Waals surface area contributed by atoms with E-state index in [0.29, 0.717) is 17.5 Å². The lowest BCUT2D eigenvalue weighted by Crippen LogP contribution is -2.10. The van der Waals surface area contributed by atoms with Gasteiger partial charge in [-0.3, -0.25) is 9.59 Å². The predicted octanol–water partition coefficient (Wildman–Crippen LogP) is 1.65. The standard InChI is InChI=1S/C11H8O2/c12-10-6-2-1-4-8-9(10)5-3-7-11(8)13/h1-6H,7H2. The third kappa shape index (κ3) is 1.31. The van der Waals surface area contributed by atoms with Gasteiger partial charge in [-0.05, 0) is 6.07 Å². The SMILES string of the molecule is O=C1CC=Cc2c1ccccc2=O. The van der Waals surface area contributed by atoms with E-state index in [1.165, 1.54) is 6.07 Å². The van der Waals surface area contributed by atoms with Crippen molar-refractivity contribution in [1.29, 1.82) is 0 Å². The molecule has 0 heterocycles. The summed E-state index contributed by atoms with van der Waals surface area (Å²) in [6.07, 6.45) is 3.85. The second-order valence-corrected chi connectivity index (χ2v) is 2.94. The summed E-state index contributed by atoms with van der Waals surface area (Å²) in [5.41, 5.74) is 0.961. The third-order valence-electron chi connectivity index (χ3n) is 2.07. The van der Waals surface area contributed by atoms with Gasteiger partial charge in [-0.1, -0.05) is 30.4 Å². The van der Waals surface area contributed by atoms with Gasteiger partial charge in [0, 0.05) is 17.5 Å². The Hall–Kier alpha value is -1.70. The van der Waals surface area contributed by atoms with E-state index in [0.717, 1.165) is 0 Å². The summed E-state index contributed by atoms with van der Waals surface area (Å²) in [5, 5.41) is 0. The average Bonchev–Trinajstić information content (AvgIpc) is 2.30. The Morgan fingerprint density at radius 3 is 2.69 bits per heavy atom. The summed E-state index contributed by atoms with van der Waals surface area (Å²) in [6, 6.07) is 6.55. The molecular formula is C11H8O2. The van der Waals surface area contributed by atoms with Crippen molar-refractivity contribution >= 4 is 11.9 Å². The molecule has 2 heteroatoms. The Balaban J connectivity index is 2.84. The van der Waals surface area contributed by atoms with E-state index in [4.69, 9.17) is 0 Å². The Morgan fingerprint density at radius 1 is 1.08 bits per heavy atom. The van der Waals surface area contributed by atoms with E-state index >= 15 is 0 Å². The fourth-order valence-corrected chi connectivity index (χ4v) is 1.42. The monoisotopic (exact) mass is 172 g/mol. The van der Waals surface area contributed by atoms with E-state index in [1.54, 1.807) is 30.4 Å². The van der Waals surface area contributed by atoms with Gasteiger partial charge in [-0.15, -0.1) is 0 Å². The predicted molar refractivity (Wildman–Crippen MR) is 50.7 cm³/mol. The summed E-state index contributed by atoms with van der Waals surface area (Å²) in [6.45, 7) is 0. The van der Waals surface area contributed by atoms with Crippen LogP contribution in [0.1, 0.15) is 22.3 Å². The molecule has 1 aliphatic rings. The maximum Gasteiger partial charge on any atom is 0.186 e. The van der Waals surface area contributed by atoms with Gasteiger partial charge in [0.2, 0.25) is 0 Å². The number of carbonyl (C=O) groups excluding carboxylic acids is 1. The summed E-state index contributed by atoms with van der Waals surface area (Å²) < 4.78 is 0. The Kier molecular flexibility index (Phi) is 1.81. The van der Waals surface area contributed by atoms with Crippen molar-refractivity contribution in [3.63, 3.8) is 0 Å². The van der Waals surface area contributed by atoms with Crippen LogP contribution in [0.3, 0.4) is 0 Å². The van der Waals surface area contributed by atoms with Gasteiger partial charge in [0.05, 0.1) is 0 Å². The number of Topliss-reactive ketones (excluding diaryl/α,β-unsaturated/α-hetero) is 1. The van der Waals surface area contributed by atoms with E-state index in [1.807, 2.05) is 0 Å². The van der Waals surface area contributed by atoms with Crippen LogP contribution in [0.5, 0.6) is 0 Å². The molecule has 0 fully saturated rings. The molecule has 0 aliphatic heterocycles. The zero-order valence-electron chi connectivity index (χ0n) is 6.99. The normalized spacial score (nSPS) is 14.0. The maximum atomic E-state index is 11.4. The van der Waals surface area contributed by atoms with Crippen LogP contribution in [-0.4, -0.2) is 5.78 Å². The molecule has 1 aromatic rings. The Labute approximate surface area is 75.5 Å². The first-order valence-electron chi connectivity index (χ1n) is 4.12. The number of fused-ring (bicyclic) bond motifs is 1. The molecule has 0 N–H and O–H groups in total. The van der Waals surface area contributed by atoms with Crippen molar-refractivity contribution in [3.05, 3.63) is 51.7 Å². The number of allylic oxidation sites excluding steroid dienone is 1. The van der Waals surface area contributed by atoms with Crippen LogP contribution < -0.4 is 5.43 Å². The molecule has 64 valence electrons. The average molecular weight is 172 g/mol. The number of hydrogen-bond donors (Lipinski definition) is 0. The minimum absolute atomic E-state index is 0.0193. The van der Waals surface area contributed by atoms with E-state index in [9.17, 15) is 9.59 Å². The minimum atomic E-state index is -0.0932. The molecule has 0 bridgehead atoms. The first kappa shape index (κ1) is 7.92. The Morgan fingerprint density at radius 2 is 1.85 bits per heavy atom. The fourth-order valence-electron chi connectivity index (χ4n) is 1.42. The molecule has 2 nitrogen and oxygen atoms in total. The highest BCUT2D eigenvalue weighted by Crippen LogP contribution is 2.14. The second-order valence-electron chi connectivity index (χ2n) is 2.94. The molecule has 0 aromatic heterocycles. The van der Waals surface area contributed by atoms with Crippen molar-refractivity contribution in [1.82, 2.24) is 0 Å². The van der Waals surface area contributed by atoms with Gasteiger partial charge in [0.15, 0.2) is 11.2 Å². The third-order valence-corrected chi connectivity index (χ3v) is 2.07. The van der Waals surface area contributed by atoms with Crippen LogP contribution in [0, 0.1) is 0 Å². The van der Waals surface area contributed by atoms with E-state index in [-0.39, 0.29) is 11.2 Å². The van der Waals surface area contributed by atoms with Crippen LogP contribution in [0.25, 0.3) is 6.08 Å². The van der Waals surface area contributed by atoms with Crippen LogP contribution in [0.15, 0.2) is 35.1 Å². The molecule has 1 aliphatic carbocycles. The van der Waals surface area contributed by atoms with Gasteiger partial charge in [0.1, 0.15) is 0 Å². The first-order valence-corrected chi connectivity index (χ1v) is 4.12. The summed E-state index contributed by atoms with van der Waals surface area (Å²) in [7, 11) is 0. The molecule has 0 radical (unpaired) electrons. The van der Waals surface area contributed by atoms with Crippen molar-refractivity contribution in [3.8, 4) is 0 Å². The van der Waals surface area contributed by atoms with Crippen LogP contribution in [0.4, 0.5) is 0 Å². The van der Waals surface area contributed by atoms with Crippen molar-refractivity contribution in [2.75, 3.05) is 0 Å². The molecule has 0 saturated heterocycles. The molecule has 13 heavy (non-hydrogen) atoms. The van der Waals surface area contributed by atoms with Gasteiger partial charge in [-0.25, -0.2) is 0 Å². The lowest BCUT2D eigenvalue weighted by Gasteiger charge is -2.03. The molecule has 0 amide bonds. The summed E-state index contributed by atoms with van der Waals surface area (Å²) in [5.74, 6) is 0.0193. The quantitative estimate of drug-likeness (QED) is 0.596. The highest BCUT2D eigenvalue weighted by molar-refractivity contribution is 6.02. The highest BCUT2D eigenvalue weighted by atomic mass is 16.1. The van der Waals surface area contributed by atoms with Crippen molar-refractivity contribution in [2.24, 2.45) is 0 Å². The smallest absolute Gasteiger partial charge is 0.186 e. The fraction of sp³-hybridized carbons (Fsp3) is 0.0909. The minimum Gasteiger partial charge on any atom is -0.294 e. The molecule has 2 rings (SSSR count).